The van der Waals surface area contributed by atoms with Crippen LogP contribution in [0.2, 0.25) is 18.9 Å². The fourth-order valence-electron chi connectivity index (χ4n) is 4.20. The molecule has 0 aromatic heterocycles. The van der Waals surface area contributed by atoms with Crippen molar-refractivity contribution in [3.63, 3.8) is 0 Å². The van der Waals surface area contributed by atoms with E-state index in [2.05, 4.69) is 88.4 Å². The van der Waals surface area contributed by atoms with Gasteiger partial charge in [0.05, 0.1) is 0 Å². The van der Waals surface area contributed by atoms with Crippen LogP contribution in [0.5, 0.6) is 0 Å². The van der Waals surface area contributed by atoms with Crippen LogP contribution in [0, 0.1) is 0 Å². The number of rotatable bonds is 12. The summed E-state index contributed by atoms with van der Waals surface area (Å²) in [6.07, 6.45) is 5.24. The molecule has 1 nitrogen and oxygen atoms in total. The molecule has 0 radical (unpaired) electrons. The molecule has 3 heteroatoms. The van der Waals surface area contributed by atoms with Gasteiger partial charge in [-0.25, -0.2) is 0 Å². The molecule has 0 aliphatic rings. The second-order valence-electron chi connectivity index (χ2n) is 7.76. The van der Waals surface area contributed by atoms with Crippen molar-refractivity contribution < 1.29 is 35.9 Å². The molecule has 0 N–H and O–H groups in total. The van der Waals surface area contributed by atoms with Crippen molar-refractivity contribution in [2.24, 2.45) is 0 Å². The minimum atomic E-state index is -2.86. The second kappa shape index (κ2) is 11.7. The van der Waals surface area contributed by atoms with Gasteiger partial charge in [0.2, 0.25) is 0 Å². The summed E-state index contributed by atoms with van der Waals surface area (Å²) in [4.78, 5) is 0. The number of hydrogen-bond donors (Lipinski definition) is 0. The van der Waals surface area contributed by atoms with Crippen molar-refractivity contribution in [1.29, 1.82) is 0 Å². The van der Waals surface area contributed by atoms with Crippen molar-refractivity contribution in [3.8, 4) is 0 Å². The van der Waals surface area contributed by atoms with Crippen LogP contribution in [-0.4, -0.2) is 0 Å². The van der Waals surface area contributed by atoms with Gasteiger partial charge in [-0.05, 0) is 0 Å². The zero-order valence-electron chi connectivity index (χ0n) is 17.8. The van der Waals surface area contributed by atoms with Crippen molar-refractivity contribution in [2.75, 3.05) is 0 Å². The average Bonchev–Trinajstić information content (AvgIpc) is 2.75. The molecular formula is C24H38OTi2. The summed E-state index contributed by atoms with van der Waals surface area (Å²) in [6, 6.07) is 22.5. The zero-order valence-corrected chi connectivity index (χ0v) is 21.0. The summed E-state index contributed by atoms with van der Waals surface area (Å²) in [5, 5.41) is 0. The Kier molecular flexibility index (Phi) is 10.0. The van der Waals surface area contributed by atoms with Crippen LogP contribution < -0.4 is 7.74 Å². The van der Waals surface area contributed by atoms with Gasteiger partial charge in [-0.1, -0.05) is 0 Å². The van der Waals surface area contributed by atoms with Gasteiger partial charge in [0, 0.05) is 0 Å². The van der Waals surface area contributed by atoms with Crippen LogP contribution in [0.4, 0.5) is 0 Å². The molecule has 148 valence electrons. The fraction of sp³-hybridized carbons (Fsp3) is 0.500. The van der Waals surface area contributed by atoms with E-state index in [-0.39, 0.29) is 0 Å². The Bertz CT molecular complexity index is 594. The third kappa shape index (κ3) is 5.91. The number of unbranched alkanes of at least 4 members (excludes halogenated alkanes) is 2. The molecule has 0 aliphatic carbocycles. The molecule has 0 saturated carbocycles. The fourth-order valence-corrected chi connectivity index (χ4v) is 24.6. The summed E-state index contributed by atoms with van der Waals surface area (Å²) in [5.74, 6) is 0. The van der Waals surface area contributed by atoms with Crippen LogP contribution >= 0.6 is 0 Å². The zero-order chi connectivity index (χ0) is 19.6. The molecule has 0 amide bonds. The Labute approximate surface area is 175 Å². The molecule has 0 unspecified atom stereocenters. The molecule has 0 spiro atoms. The SMILES string of the molecule is CCC[CH2][Ti]([CH2]C)([CH2]CCC)[O][Ti]([CH2]C)([c]1ccccc1)[c]1ccccc1. The van der Waals surface area contributed by atoms with Crippen molar-refractivity contribution >= 4 is 7.74 Å². The number of hydrogen-bond acceptors (Lipinski definition) is 1. The first-order valence-corrected chi connectivity index (χ1v) is 18.2. The normalized spacial score (nSPS) is 12.3. The summed E-state index contributed by atoms with van der Waals surface area (Å²) >= 11 is -5.23. The van der Waals surface area contributed by atoms with E-state index in [0.29, 0.717) is 0 Å². The predicted molar refractivity (Wildman–Crippen MR) is 114 cm³/mol. The van der Waals surface area contributed by atoms with Gasteiger partial charge in [0.25, 0.3) is 0 Å². The molecule has 2 aromatic rings. The van der Waals surface area contributed by atoms with Crippen molar-refractivity contribution in [1.82, 2.24) is 0 Å². The first-order chi connectivity index (χ1) is 13.2. The van der Waals surface area contributed by atoms with Gasteiger partial charge in [-0.3, -0.25) is 0 Å². The van der Waals surface area contributed by atoms with Crippen molar-refractivity contribution in [2.45, 2.75) is 72.3 Å². The monoisotopic (exact) mass is 438 g/mol. The molecule has 0 bridgehead atoms. The maximum atomic E-state index is 7.68. The molecule has 2 rings (SSSR count). The summed E-state index contributed by atoms with van der Waals surface area (Å²) < 4.78 is 15.9. The first kappa shape index (κ1) is 23.1. The second-order valence-corrected chi connectivity index (χ2v) is 21.2. The Morgan fingerprint density at radius 1 is 0.630 bits per heavy atom. The summed E-state index contributed by atoms with van der Waals surface area (Å²) in [6.45, 7) is 9.45. The Morgan fingerprint density at radius 2 is 1.07 bits per heavy atom. The minimum absolute atomic E-state index is 1.17. The Balaban J connectivity index is 2.54. The molecule has 0 atom stereocenters. The van der Waals surface area contributed by atoms with E-state index in [9.17, 15) is 0 Å². The van der Waals surface area contributed by atoms with Gasteiger partial charge in [0.1, 0.15) is 0 Å². The van der Waals surface area contributed by atoms with Gasteiger partial charge in [-0.15, -0.1) is 0 Å². The molecule has 0 aliphatic heterocycles. The van der Waals surface area contributed by atoms with E-state index in [1.54, 1.807) is 0 Å². The van der Waals surface area contributed by atoms with E-state index in [4.69, 9.17) is 1.90 Å². The maximum absolute atomic E-state index is 7.68. The van der Waals surface area contributed by atoms with E-state index in [0.717, 1.165) is 0 Å². The standard InChI is InChI=1S/2C6H5.2C4H9.2C2H5.O.2Ti/c2*1-2-4-6-5-3-1;2*1-3-4-2;2*1-2;;;/h2*1-5H;2*1,3-4H2,2H3;2*1H2,2H3;;;. The number of benzene rings is 2. The predicted octanol–water partition coefficient (Wildman–Crippen LogP) is 7.11. The quantitative estimate of drug-likeness (QED) is 0.321. The third-order valence-electron chi connectivity index (χ3n) is 5.99. The molecule has 0 fully saturated rings. The Hall–Kier alpha value is -0.171. The van der Waals surface area contributed by atoms with E-state index in [1.807, 2.05) is 0 Å². The summed E-state index contributed by atoms with van der Waals surface area (Å²) in [7, 11) is 0. The van der Waals surface area contributed by atoms with Crippen LogP contribution in [0.3, 0.4) is 0 Å². The first-order valence-electron chi connectivity index (χ1n) is 11.0. The van der Waals surface area contributed by atoms with Gasteiger partial charge in [0.15, 0.2) is 0 Å². The van der Waals surface area contributed by atoms with Gasteiger partial charge in [-0.2, -0.15) is 0 Å². The van der Waals surface area contributed by atoms with E-state index >= 15 is 0 Å². The molecule has 27 heavy (non-hydrogen) atoms. The molecular weight excluding hydrogens is 400 g/mol. The van der Waals surface area contributed by atoms with Gasteiger partial charge < -0.3 is 0 Å². The average molecular weight is 438 g/mol. The molecule has 2 aromatic carbocycles. The van der Waals surface area contributed by atoms with Crippen LogP contribution in [0.1, 0.15) is 53.4 Å². The van der Waals surface area contributed by atoms with Crippen LogP contribution in [0.15, 0.2) is 60.7 Å². The van der Waals surface area contributed by atoms with Gasteiger partial charge >= 0.3 is 177 Å². The summed E-state index contributed by atoms with van der Waals surface area (Å²) in [5.41, 5.74) is 0. The Morgan fingerprint density at radius 3 is 1.41 bits per heavy atom. The third-order valence-corrected chi connectivity index (χ3v) is 23.7. The van der Waals surface area contributed by atoms with Crippen molar-refractivity contribution in [3.05, 3.63) is 60.7 Å². The molecule has 0 heterocycles. The van der Waals surface area contributed by atoms with E-state index < -0.39 is 34.0 Å². The molecule has 0 saturated heterocycles. The van der Waals surface area contributed by atoms with Crippen LogP contribution in [0.25, 0.3) is 0 Å². The van der Waals surface area contributed by atoms with Crippen LogP contribution in [-0.2, 0) is 35.9 Å². The van der Waals surface area contributed by atoms with E-state index in [1.165, 1.54) is 52.3 Å². The topological polar surface area (TPSA) is 9.23 Å².